The first kappa shape index (κ1) is 25.5. The van der Waals surface area contributed by atoms with Crippen molar-refractivity contribution in [3.05, 3.63) is 29.8 Å². The van der Waals surface area contributed by atoms with Crippen LogP contribution in [0.15, 0.2) is 29.3 Å². The summed E-state index contributed by atoms with van der Waals surface area (Å²) < 4.78 is 5.35. The Morgan fingerprint density at radius 1 is 1.28 bits per heavy atom. The molecule has 5 N–H and O–H groups in total. The number of benzene rings is 1. The van der Waals surface area contributed by atoms with Gasteiger partial charge in [0.05, 0.1) is 6.54 Å². The molecule has 1 aromatic rings. The van der Waals surface area contributed by atoms with Crippen molar-refractivity contribution in [2.45, 2.75) is 52.0 Å². The monoisotopic (exact) mass is 518 g/mol. The standard InChI is InChI=1S/C21H34N4O3.HI/c1-2-23-20(25-16-21(11-12-26)9-4-3-5-10-21)24-14-17-7-6-8-18(13-17)28-15-19(22)27;/h6-8,13,26H,2-5,9-12,14-16H2,1H3,(H2,22,27)(H2,23,24,25);1H. The zero-order chi connectivity index (χ0) is 20.2. The molecule has 1 fully saturated rings. The van der Waals surface area contributed by atoms with Gasteiger partial charge in [0.25, 0.3) is 5.91 Å². The Balaban J connectivity index is 0.00000420. The number of nitrogens with zero attached hydrogens (tertiary/aromatic N) is 1. The maximum Gasteiger partial charge on any atom is 0.255 e. The van der Waals surface area contributed by atoms with Crippen LogP contribution in [0.25, 0.3) is 0 Å². The largest absolute Gasteiger partial charge is 0.484 e. The van der Waals surface area contributed by atoms with Crippen LogP contribution in [0.3, 0.4) is 0 Å². The highest BCUT2D eigenvalue weighted by atomic mass is 127. The van der Waals surface area contributed by atoms with Crippen LogP contribution in [0.4, 0.5) is 0 Å². The molecule has 1 aromatic carbocycles. The van der Waals surface area contributed by atoms with Gasteiger partial charge in [0.1, 0.15) is 5.75 Å². The van der Waals surface area contributed by atoms with Crippen molar-refractivity contribution in [3.63, 3.8) is 0 Å². The molecule has 1 aliphatic carbocycles. The molecule has 0 radical (unpaired) electrons. The number of nitrogens with one attached hydrogen (secondary N) is 2. The van der Waals surface area contributed by atoms with E-state index in [1.54, 1.807) is 6.07 Å². The van der Waals surface area contributed by atoms with Crippen LogP contribution in [0.5, 0.6) is 5.75 Å². The number of carbonyl (C=O) groups is 1. The molecule has 0 spiro atoms. The molecule has 1 aliphatic rings. The van der Waals surface area contributed by atoms with E-state index in [-0.39, 0.29) is 42.6 Å². The molecular weight excluding hydrogens is 483 g/mol. The predicted molar refractivity (Wildman–Crippen MR) is 127 cm³/mol. The first-order valence-corrected chi connectivity index (χ1v) is 10.2. The number of halogens is 1. The van der Waals surface area contributed by atoms with Crippen LogP contribution in [0.2, 0.25) is 0 Å². The number of ether oxygens (including phenoxy) is 1. The van der Waals surface area contributed by atoms with Gasteiger partial charge in [-0.3, -0.25) is 4.79 Å². The predicted octanol–water partition coefficient (Wildman–Crippen LogP) is 2.56. The number of aliphatic hydroxyl groups excluding tert-OH is 1. The third kappa shape index (κ3) is 9.20. The Morgan fingerprint density at radius 2 is 2.03 bits per heavy atom. The average Bonchev–Trinajstić information content (AvgIpc) is 2.70. The molecule has 0 saturated heterocycles. The van der Waals surface area contributed by atoms with Crippen molar-refractivity contribution in [2.75, 3.05) is 26.3 Å². The van der Waals surface area contributed by atoms with Gasteiger partial charge in [0.15, 0.2) is 12.6 Å². The highest BCUT2D eigenvalue weighted by Gasteiger charge is 2.31. The summed E-state index contributed by atoms with van der Waals surface area (Å²) in [6.07, 6.45) is 6.88. The summed E-state index contributed by atoms with van der Waals surface area (Å²) in [6, 6.07) is 7.50. The van der Waals surface area contributed by atoms with E-state index in [1.165, 1.54) is 19.3 Å². The van der Waals surface area contributed by atoms with Crippen molar-refractivity contribution in [3.8, 4) is 5.75 Å². The molecule has 7 nitrogen and oxygen atoms in total. The Morgan fingerprint density at radius 3 is 2.69 bits per heavy atom. The molecule has 0 aliphatic heterocycles. The van der Waals surface area contributed by atoms with E-state index < -0.39 is 5.91 Å². The quantitative estimate of drug-likeness (QED) is 0.216. The molecule has 1 amide bonds. The smallest absolute Gasteiger partial charge is 0.255 e. The fraction of sp³-hybridized carbons (Fsp3) is 0.619. The molecule has 0 heterocycles. The molecule has 0 atom stereocenters. The average molecular weight is 518 g/mol. The fourth-order valence-electron chi connectivity index (χ4n) is 3.73. The number of aliphatic hydroxyl groups is 1. The topological polar surface area (TPSA) is 109 Å². The van der Waals surface area contributed by atoms with Crippen molar-refractivity contribution >= 4 is 35.8 Å². The van der Waals surface area contributed by atoms with Gasteiger partial charge in [-0.1, -0.05) is 31.4 Å². The van der Waals surface area contributed by atoms with Crippen molar-refractivity contribution in [1.29, 1.82) is 0 Å². The number of guanidine groups is 1. The number of amides is 1. The van der Waals surface area contributed by atoms with Crippen LogP contribution in [-0.2, 0) is 11.3 Å². The normalized spacial score (nSPS) is 15.9. The highest BCUT2D eigenvalue weighted by molar-refractivity contribution is 14.0. The van der Waals surface area contributed by atoms with E-state index in [1.807, 2.05) is 25.1 Å². The number of aliphatic imine (C=N–C) groups is 1. The molecule has 0 aromatic heterocycles. The highest BCUT2D eigenvalue weighted by Crippen LogP contribution is 2.38. The second kappa shape index (κ2) is 13.6. The van der Waals surface area contributed by atoms with Crippen molar-refractivity contribution < 1.29 is 14.6 Å². The Kier molecular flexibility index (Phi) is 12.0. The van der Waals surface area contributed by atoms with E-state index in [4.69, 9.17) is 10.5 Å². The van der Waals surface area contributed by atoms with Gasteiger partial charge in [-0.15, -0.1) is 24.0 Å². The fourth-order valence-corrected chi connectivity index (χ4v) is 3.73. The molecule has 164 valence electrons. The minimum Gasteiger partial charge on any atom is -0.484 e. The van der Waals surface area contributed by atoms with Crippen molar-refractivity contribution in [1.82, 2.24) is 10.6 Å². The number of hydrogen-bond donors (Lipinski definition) is 4. The van der Waals surface area contributed by atoms with E-state index in [0.29, 0.717) is 12.3 Å². The molecule has 29 heavy (non-hydrogen) atoms. The van der Waals surface area contributed by atoms with Crippen LogP contribution in [0, 0.1) is 5.41 Å². The van der Waals surface area contributed by atoms with Crippen molar-refractivity contribution in [2.24, 2.45) is 16.1 Å². The first-order chi connectivity index (χ1) is 13.6. The molecule has 8 heteroatoms. The maximum absolute atomic E-state index is 10.9. The second-order valence-corrected chi connectivity index (χ2v) is 7.49. The molecular formula is C21H35IN4O3. The number of rotatable bonds is 10. The summed E-state index contributed by atoms with van der Waals surface area (Å²) in [4.78, 5) is 15.5. The lowest BCUT2D eigenvalue weighted by Crippen LogP contribution is -2.44. The lowest BCUT2D eigenvalue weighted by Gasteiger charge is -2.37. The minimum absolute atomic E-state index is 0. The van der Waals surface area contributed by atoms with Gasteiger partial charge in [-0.2, -0.15) is 0 Å². The number of hydrogen-bond acceptors (Lipinski definition) is 4. The summed E-state index contributed by atoms with van der Waals surface area (Å²) in [5.41, 5.74) is 6.27. The van der Waals surface area contributed by atoms with Gasteiger partial charge in [-0.05, 0) is 49.3 Å². The van der Waals surface area contributed by atoms with Crippen LogP contribution < -0.4 is 21.1 Å². The minimum atomic E-state index is -0.499. The SMILES string of the molecule is CCNC(=NCc1cccc(OCC(N)=O)c1)NCC1(CCO)CCCCC1.I. The summed E-state index contributed by atoms with van der Waals surface area (Å²) in [7, 11) is 0. The molecule has 2 rings (SSSR count). The van der Waals surface area contributed by atoms with Crippen LogP contribution in [0.1, 0.15) is 51.0 Å². The van der Waals surface area contributed by atoms with Crippen LogP contribution in [-0.4, -0.2) is 43.3 Å². The first-order valence-electron chi connectivity index (χ1n) is 10.2. The number of primary amides is 1. The van der Waals surface area contributed by atoms with Gasteiger partial charge in [0.2, 0.25) is 0 Å². The number of carbonyl (C=O) groups excluding carboxylic acids is 1. The second-order valence-electron chi connectivity index (χ2n) is 7.49. The zero-order valence-electron chi connectivity index (χ0n) is 17.3. The van der Waals surface area contributed by atoms with Gasteiger partial charge in [0, 0.05) is 19.7 Å². The zero-order valence-corrected chi connectivity index (χ0v) is 19.6. The third-order valence-electron chi connectivity index (χ3n) is 5.23. The lowest BCUT2D eigenvalue weighted by molar-refractivity contribution is -0.119. The van der Waals surface area contributed by atoms with Gasteiger partial charge < -0.3 is 26.2 Å². The Bertz CT molecular complexity index is 643. The molecule has 1 saturated carbocycles. The molecule has 0 bridgehead atoms. The summed E-state index contributed by atoms with van der Waals surface area (Å²) in [6.45, 7) is 4.23. The van der Waals surface area contributed by atoms with Gasteiger partial charge >= 0.3 is 0 Å². The lowest BCUT2D eigenvalue weighted by atomic mass is 9.72. The van der Waals surface area contributed by atoms with E-state index in [2.05, 4.69) is 15.6 Å². The van der Waals surface area contributed by atoms with E-state index in [9.17, 15) is 9.90 Å². The Hall–Kier alpha value is -1.55. The van der Waals surface area contributed by atoms with E-state index in [0.717, 1.165) is 43.9 Å². The maximum atomic E-state index is 10.9. The summed E-state index contributed by atoms with van der Waals surface area (Å²) >= 11 is 0. The molecule has 0 unspecified atom stereocenters. The van der Waals surface area contributed by atoms with E-state index >= 15 is 0 Å². The summed E-state index contributed by atoms with van der Waals surface area (Å²) in [5.74, 6) is 0.879. The summed E-state index contributed by atoms with van der Waals surface area (Å²) in [5, 5.41) is 16.3. The number of nitrogens with two attached hydrogens (primary N) is 1. The third-order valence-corrected chi connectivity index (χ3v) is 5.23. The van der Waals surface area contributed by atoms with Gasteiger partial charge in [-0.25, -0.2) is 4.99 Å². The van der Waals surface area contributed by atoms with Crippen LogP contribution >= 0.6 is 24.0 Å². The Labute approximate surface area is 190 Å².